The normalized spacial score (nSPS) is 10.8. The van der Waals surface area contributed by atoms with Crippen LogP contribution in [0.25, 0.3) is 5.69 Å². The van der Waals surface area contributed by atoms with E-state index >= 15 is 0 Å². The number of methoxy groups -OCH3 is 1. The Bertz CT molecular complexity index is 1440. The number of aromatic nitrogens is 6. The third-order valence-electron chi connectivity index (χ3n) is 5.30. The summed E-state index contributed by atoms with van der Waals surface area (Å²) in [6, 6.07) is 27.8. The molecular formula is C26H24N8OS. The molecule has 0 fully saturated rings. The van der Waals surface area contributed by atoms with Crippen molar-refractivity contribution >= 4 is 29.3 Å². The van der Waals surface area contributed by atoms with Crippen LogP contribution in [-0.2, 0) is 12.2 Å². The summed E-state index contributed by atoms with van der Waals surface area (Å²) in [6.07, 6.45) is 0.662. The van der Waals surface area contributed by atoms with Gasteiger partial charge in [0.1, 0.15) is 17.4 Å². The minimum absolute atomic E-state index is 0.132. The number of benzene rings is 3. The quantitative estimate of drug-likeness (QED) is 0.281. The van der Waals surface area contributed by atoms with Crippen LogP contribution in [0, 0.1) is 0 Å². The van der Waals surface area contributed by atoms with Gasteiger partial charge in [0.25, 0.3) is 0 Å². The Kier molecular flexibility index (Phi) is 7.04. The predicted molar refractivity (Wildman–Crippen MR) is 141 cm³/mol. The zero-order valence-electron chi connectivity index (χ0n) is 19.6. The fourth-order valence-corrected chi connectivity index (χ4v) is 4.50. The maximum Gasteiger partial charge on any atom is 0.232 e. The monoisotopic (exact) mass is 496 g/mol. The van der Waals surface area contributed by atoms with E-state index in [0.29, 0.717) is 29.7 Å². The van der Waals surface area contributed by atoms with E-state index in [2.05, 4.69) is 47.2 Å². The Hall–Kier alpha value is -4.44. The maximum atomic E-state index is 5.99. The van der Waals surface area contributed by atoms with Gasteiger partial charge in [0, 0.05) is 12.1 Å². The molecule has 10 heteroatoms. The summed E-state index contributed by atoms with van der Waals surface area (Å²) in [5.41, 5.74) is 8.88. The highest BCUT2D eigenvalue weighted by molar-refractivity contribution is 7.98. The van der Waals surface area contributed by atoms with Gasteiger partial charge in [-0.1, -0.05) is 72.4 Å². The van der Waals surface area contributed by atoms with Gasteiger partial charge < -0.3 is 15.8 Å². The molecule has 2 aromatic heterocycles. The Morgan fingerprint density at radius 2 is 1.58 bits per heavy atom. The van der Waals surface area contributed by atoms with E-state index in [4.69, 9.17) is 10.5 Å². The molecule has 9 nitrogen and oxygen atoms in total. The van der Waals surface area contributed by atoms with Crippen LogP contribution in [-0.4, -0.2) is 36.8 Å². The minimum Gasteiger partial charge on any atom is -0.495 e. The molecule has 0 aliphatic heterocycles. The van der Waals surface area contributed by atoms with E-state index in [-0.39, 0.29) is 5.95 Å². The largest absolute Gasteiger partial charge is 0.495 e. The first-order valence-corrected chi connectivity index (χ1v) is 12.2. The molecule has 36 heavy (non-hydrogen) atoms. The second-order valence-electron chi connectivity index (χ2n) is 7.78. The van der Waals surface area contributed by atoms with E-state index in [1.165, 1.54) is 11.8 Å². The number of nitrogens with one attached hydrogen (secondary N) is 1. The van der Waals surface area contributed by atoms with E-state index < -0.39 is 0 Å². The van der Waals surface area contributed by atoms with Gasteiger partial charge in [0.15, 0.2) is 5.16 Å². The minimum atomic E-state index is 0.132. The van der Waals surface area contributed by atoms with E-state index in [0.717, 1.165) is 27.9 Å². The van der Waals surface area contributed by atoms with Crippen LogP contribution >= 0.6 is 11.8 Å². The highest BCUT2D eigenvalue weighted by Crippen LogP contribution is 2.28. The van der Waals surface area contributed by atoms with Crippen LogP contribution in [0.2, 0.25) is 0 Å². The lowest BCUT2D eigenvalue weighted by Crippen LogP contribution is -2.07. The number of thioether (sulfide) groups is 1. The first kappa shape index (κ1) is 23.3. The molecule has 0 amide bonds. The van der Waals surface area contributed by atoms with Crippen molar-refractivity contribution in [1.29, 1.82) is 0 Å². The number of para-hydroxylation sites is 3. The summed E-state index contributed by atoms with van der Waals surface area (Å²) in [4.78, 5) is 13.1. The summed E-state index contributed by atoms with van der Waals surface area (Å²) >= 11 is 1.49. The standard InChI is InChI=1S/C26H24N8OS/c1-35-21-15-9-8-14-20(21)28-25-30-22(29-24(27)31-25)17-36-26-33-32-23(16-18-10-4-2-5-11-18)34(26)19-12-6-3-7-13-19/h2-15H,16-17H2,1H3,(H3,27,28,29,30,31). The number of nitrogens with two attached hydrogens (primary N) is 1. The maximum absolute atomic E-state index is 5.99. The molecule has 0 aliphatic rings. The Labute approximate surface area is 212 Å². The van der Waals surface area contributed by atoms with Crippen LogP contribution in [0.15, 0.2) is 90.1 Å². The molecule has 0 aliphatic carbocycles. The highest BCUT2D eigenvalue weighted by Gasteiger charge is 2.16. The van der Waals surface area contributed by atoms with Crippen molar-refractivity contribution in [3.63, 3.8) is 0 Å². The van der Waals surface area contributed by atoms with Crippen molar-refractivity contribution in [2.24, 2.45) is 0 Å². The second-order valence-corrected chi connectivity index (χ2v) is 8.72. The lowest BCUT2D eigenvalue weighted by molar-refractivity contribution is 0.417. The molecule has 0 spiro atoms. The van der Waals surface area contributed by atoms with Gasteiger partial charge in [0.2, 0.25) is 11.9 Å². The number of anilines is 3. The summed E-state index contributed by atoms with van der Waals surface area (Å²) in [7, 11) is 1.61. The average molecular weight is 497 g/mol. The van der Waals surface area contributed by atoms with Crippen molar-refractivity contribution in [1.82, 2.24) is 29.7 Å². The Balaban J connectivity index is 1.39. The number of nitrogens with zero attached hydrogens (tertiary/aromatic N) is 6. The van der Waals surface area contributed by atoms with Gasteiger partial charge in [-0.15, -0.1) is 10.2 Å². The first-order valence-electron chi connectivity index (χ1n) is 11.3. The average Bonchev–Trinajstić information content (AvgIpc) is 3.31. The lowest BCUT2D eigenvalue weighted by atomic mass is 10.1. The van der Waals surface area contributed by atoms with E-state index in [9.17, 15) is 0 Å². The number of hydrogen-bond donors (Lipinski definition) is 2. The third kappa shape index (κ3) is 5.44. The Morgan fingerprint density at radius 1 is 0.861 bits per heavy atom. The molecule has 0 atom stereocenters. The van der Waals surface area contributed by atoms with Crippen molar-refractivity contribution < 1.29 is 4.74 Å². The third-order valence-corrected chi connectivity index (χ3v) is 6.23. The van der Waals surface area contributed by atoms with Crippen LogP contribution in [0.3, 0.4) is 0 Å². The molecule has 3 aromatic carbocycles. The van der Waals surface area contributed by atoms with E-state index in [1.807, 2.05) is 72.8 Å². The first-order chi connectivity index (χ1) is 17.7. The SMILES string of the molecule is COc1ccccc1Nc1nc(N)nc(CSc2nnc(Cc3ccccc3)n2-c2ccccc2)n1. The van der Waals surface area contributed by atoms with Crippen molar-refractivity contribution in [2.45, 2.75) is 17.3 Å². The molecule has 180 valence electrons. The summed E-state index contributed by atoms with van der Waals surface area (Å²) < 4.78 is 7.46. The second kappa shape index (κ2) is 10.9. The van der Waals surface area contributed by atoms with Crippen molar-refractivity contribution in [3.8, 4) is 11.4 Å². The van der Waals surface area contributed by atoms with Crippen LogP contribution in [0.1, 0.15) is 17.2 Å². The fraction of sp³-hybridized carbons (Fsp3) is 0.115. The molecule has 0 saturated heterocycles. The topological polar surface area (TPSA) is 117 Å². The van der Waals surface area contributed by atoms with Gasteiger partial charge in [-0.3, -0.25) is 4.57 Å². The van der Waals surface area contributed by atoms with Gasteiger partial charge in [-0.25, -0.2) is 0 Å². The molecule has 3 N–H and O–H groups in total. The van der Waals surface area contributed by atoms with Crippen LogP contribution < -0.4 is 15.8 Å². The summed E-state index contributed by atoms with van der Waals surface area (Å²) in [6.45, 7) is 0. The fourth-order valence-electron chi connectivity index (χ4n) is 3.68. The van der Waals surface area contributed by atoms with Crippen molar-refractivity contribution in [2.75, 3.05) is 18.2 Å². The number of ether oxygens (including phenoxy) is 1. The van der Waals surface area contributed by atoms with Gasteiger partial charge in [0.05, 0.1) is 18.6 Å². The Morgan fingerprint density at radius 3 is 2.36 bits per heavy atom. The number of rotatable bonds is 9. The molecule has 0 radical (unpaired) electrons. The van der Waals surface area contributed by atoms with Crippen LogP contribution in [0.5, 0.6) is 5.75 Å². The number of nitrogen functional groups attached to an aromatic ring is 1. The molecule has 0 saturated carbocycles. The molecule has 5 aromatic rings. The molecular weight excluding hydrogens is 472 g/mol. The zero-order valence-corrected chi connectivity index (χ0v) is 20.4. The smallest absolute Gasteiger partial charge is 0.232 e. The summed E-state index contributed by atoms with van der Waals surface area (Å²) in [5.74, 6) is 2.96. The van der Waals surface area contributed by atoms with E-state index in [1.54, 1.807) is 7.11 Å². The van der Waals surface area contributed by atoms with Gasteiger partial charge in [-0.2, -0.15) is 15.0 Å². The lowest BCUT2D eigenvalue weighted by Gasteiger charge is -2.11. The molecule has 0 bridgehead atoms. The van der Waals surface area contributed by atoms with Gasteiger partial charge >= 0.3 is 0 Å². The molecule has 0 unspecified atom stereocenters. The van der Waals surface area contributed by atoms with Crippen LogP contribution in [0.4, 0.5) is 17.6 Å². The van der Waals surface area contributed by atoms with Crippen molar-refractivity contribution in [3.05, 3.63) is 102 Å². The zero-order chi connectivity index (χ0) is 24.7. The van der Waals surface area contributed by atoms with Gasteiger partial charge in [-0.05, 0) is 29.8 Å². The number of hydrogen-bond acceptors (Lipinski definition) is 9. The predicted octanol–water partition coefficient (Wildman–Crippen LogP) is 4.67. The molecule has 5 rings (SSSR count). The summed E-state index contributed by atoms with van der Waals surface area (Å²) in [5, 5.41) is 12.9. The highest BCUT2D eigenvalue weighted by atomic mass is 32.2. The molecule has 2 heterocycles.